The summed E-state index contributed by atoms with van der Waals surface area (Å²) in [5, 5.41) is 12.1. The molecule has 1 heterocycles. The lowest BCUT2D eigenvalue weighted by Crippen LogP contribution is -2.38. The summed E-state index contributed by atoms with van der Waals surface area (Å²) in [6, 6.07) is 4.44. The number of H-pyrrole nitrogens is 2. The number of carbonyl (C=O) groups is 1. The summed E-state index contributed by atoms with van der Waals surface area (Å²) < 4.78 is 10.9. The molecule has 0 spiro atoms. The van der Waals surface area contributed by atoms with Gasteiger partial charge in [-0.25, -0.2) is 15.3 Å². The molecule has 1 amide bonds. The number of hydrogen-bond acceptors (Lipinski definition) is 8. The lowest BCUT2D eigenvalue weighted by molar-refractivity contribution is -0.121. The number of amides is 1. The van der Waals surface area contributed by atoms with Crippen LogP contribution >= 0.6 is 0 Å². The fourth-order valence-electron chi connectivity index (χ4n) is 2.08. The van der Waals surface area contributed by atoms with Gasteiger partial charge in [0.25, 0.3) is 11.5 Å². The van der Waals surface area contributed by atoms with E-state index in [0.29, 0.717) is 23.7 Å². The smallest absolute Gasteiger partial charge is 0.342 e. The second-order valence-corrected chi connectivity index (χ2v) is 5.71. The molecule has 11 nitrogen and oxygen atoms in total. The average Bonchev–Trinajstić information content (AvgIpc) is 2.68. The van der Waals surface area contributed by atoms with Gasteiger partial charge in [0.2, 0.25) is 5.82 Å². The highest BCUT2D eigenvalue weighted by Gasteiger charge is 2.14. The van der Waals surface area contributed by atoms with Gasteiger partial charge in [0, 0.05) is 0 Å². The van der Waals surface area contributed by atoms with Crippen LogP contribution in [-0.2, 0) is 4.79 Å². The van der Waals surface area contributed by atoms with Crippen molar-refractivity contribution >= 4 is 17.9 Å². The van der Waals surface area contributed by atoms with Crippen LogP contribution in [0.2, 0.25) is 0 Å². The molecule has 0 saturated heterocycles. The molecule has 0 aliphatic rings. The van der Waals surface area contributed by atoms with Gasteiger partial charge in [-0.3, -0.25) is 14.6 Å². The van der Waals surface area contributed by atoms with E-state index in [1.807, 2.05) is 11.9 Å². The molecular formula is C17H22N6O5. The molecule has 0 unspecified atom stereocenters. The van der Waals surface area contributed by atoms with E-state index in [1.165, 1.54) is 20.2 Å². The molecule has 1 aromatic heterocycles. The first kappa shape index (κ1) is 20.7. The van der Waals surface area contributed by atoms with Crippen LogP contribution in [-0.4, -0.2) is 47.1 Å². The maximum atomic E-state index is 12.1. The first-order valence-electron chi connectivity index (χ1n) is 8.54. The van der Waals surface area contributed by atoms with Crippen LogP contribution in [0.1, 0.15) is 25.8 Å². The van der Waals surface area contributed by atoms with Crippen LogP contribution in [0, 0.1) is 0 Å². The summed E-state index contributed by atoms with van der Waals surface area (Å²) in [5.74, 6) is 0.501. The first-order chi connectivity index (χ1) is 13.4. The van der Waals surface area contributed by atoms with E-state index >= 15 is 0 Å². The zero-order chi connectivity index (χ0) is 20.5. The zero-order valence-electron chi connectivity index (χ0n) is 15.7. The number of benzene rings is 1. The molecule has 0 saturated carbocycles. The Hall–Kier alpha value is -3.63. The molecule has 1 aromatic carbocycles. The van der Waals surface area contributed by atoms with Gasteiger partial charge in [0.1, 0.15) is 6.04 Å². The third kappa shape index (κ3) is 5.69. The van der Waals surface area contributed by atoms with Crippen molar-refractivity contribution in [2.24, 2.45) is 5.10 Å². The zero-order valence-corrected chi connectivity index (χ0v) is 15.7. The van der Waals surface area contributed by atoms with Gasteiger partial charge in [-0.1, -0.05) is 6.92 Å². The van der Waals surface area contributed by atoms with Crippen molar-refractivity contribution in [1.29, 1.82) is 0 Å². The Morgan fingerprint density at radius 3 is 2.82 bits per heavy atom. The summed E-state index contributed by atoms with van der Waals surface area (Å²) in [5.41, 5.74) is 1.58. The number of ether oxygens (including phenoxy) is 2. The van der Waals surface area contributed by atoms with Crippen molar-refractivity contribution in [3.8, 4) is 11.5 Å². The van der Waals surface area contributed by atoms with Crippen LogP contribution in [0.25, 0.3) is 0 Å². The summed E-state index contributed by atoms with van der Waals surface area (Å²) in [6.45, 7) is 4.10. The minimum Gasteiger partial charge on any atom is -0.493 e. The highest BCUT2D eigenvalue weighted by Crippen LogP contribution is 2.27. The van der Waals surface area contributed by atoms with Gasteiger partial charge in [-0.15, -0.1) is 5.10 Å². The predicted octanol–water partition coefficient (Wildman–Crippen LogP) is 0.206. The molecule has 0 fully saturated rings. The molecule has 0 bridgehead atoms. The van der Waals surface area contributed by atoms with Crippen molar-refractivity contribution in [3.05, 3.63) is 44.6 Å². The SMILES string of the molecule is CCCOc1ccc(/C=N/NC(=O)[C@H](C)Nc2n[nH]c(=O)[nH]c2=O)cc1OC. The Morgan fingerprint density at radius 1 is 1.36 bits per heavy atom. The molecule has 0 aliphatic carbocycles. The summed E-state index contributed by atoms with van der Waals surface area (Å²) in [4.78, 5) is 36.6. The maximum absolute atomic E-state index is 12.1. The lowest BCUT2D eigenvalue weighted by Gasteiger charge is -2.11. The van der Waals surface area contributed by atoms with E-state index in [1.54, 1.807) is 18.2 Å². The standard InChI is InChI=1S/C17H22N6O5/c1-4-7-28-12-6-5-11(8-13(12)27-3)9-18-22-15(24)10(2)19-14-16(25)20-17(26)23-21-14/h5-6,8-10H,4,7H2,1-3H3,(H,19,21)(H,22,24)(H2,20,23,25,26)/b18-9+/t10-/m0/s1. The Kier molecular flexibility index (Phi) is 7.31. The molecule has 0 radical (unpaired) electrons. The van der Waals surface area contributed by atoms with Gasteiger partial charge in [-0.2, -0.15) is 5.10 Å². The number of methoxy groups -OCH3 is 1. The van der Waals surface area contributed by atoms with E-state index in [0.717, 1.165) is 6.42 Å². The topological polar surface area (TPSA) is 151 Å². The average molecular weight is 390 g/mol. The third-order valence-corrected chi connectivity index (χ3v) is 3.50. The van der Waals surface area contributed by atoms with Crippen LogP contribution in [0.4, 0.5) is 5.82 Å². The van der Waals surface area contributed by atoms with E-state index in [2.05, 4.69) is 26.0 Å². The van der Waals surface area contributed by atoms with Crippen molar-refractivity contribution in [2.45, 2.75) is 26.3 Å². The van der Waals surface area contributed by atoms with Crippen LogP contribution in [0.3, 0.4) is 0 Å². The molecule has 150 valence electrons. The number of aromatic amines is 2. The number of rotatable bonds is 9. The molecule has 2 aromatic rings. The molecule has 0 aliphatic heterocycles. The van der Waals surface area contributed by atoms with E-state index < -0.39 is 23.2 Å². The van der Waals surface area contributed by atoms with Crippen LogP contribution in [0.15, 0.2) is 32.9 Å². The number of anilines is 1. The minimum atomic E-state index is -0.823. The van der Waals surface area contributed by atoms with Crippen molar-refractivity contribution in [1.82, 2.24) is 20.6 Å². The Balaban J connectivity index is 1.96. The monoisotopic (exact) mass is 390 g/mol. The largest absolute Gasteiger partial charge is 0.493 e. The second-order valence-electron chi connectivity index (χ2n) is 5.71. The fourth-order valence-corrected chi connectivity index (χ4v) is 2.08. The summed E-state index contributed by atoms with van der Waals surface area (Å²) in [6.07, 6.45) is 2.33. The van der Waals surface area contributed by atoms with E-state index in [4.69, 9.17) is 9.47 Å². The third-order valence-electron chi connectivity index (χ3n) is 3.50. The molecule has 1 atom stereocenters. The van der Waals surface area contributed by atoms with Crippen LogP contribution in [0.5, 0.6) is 11.5 Å². The number of hydrogen-bond donors (Lipinski definition) is 4. The predicted molar refractivity (Wildman–Crippen MR) is 103 cm³/mol. The van der Waals surface area contributed by atoms with Crippen molar-refractivity contribution in [2.75, 3.05) is 19.0 Å². The molecule has 11 heteroatoms. The second kappa shape index (κ2) is 9.90. The van der Waals surface area contributed by atoms with E-state index in [9.17, 15) is 14.4 Å². The highest BCUT2D eigenvalue weighted by molar-refractivity contribution is 5.86. The summed E-state index contributed by atoms with van der Waals surface area (Å²) in [7, 11) is 1.54. The van der Waals surface area contributed by atoms with Gasteiger partial charge in [0.15, 0.2) is 11.5 Å². The first-order valence-corrected chi connectivity index (χ1v) is 8.54. The Morgan fingerprint density at radius 2 is 2.14 bits per heavy atom. The fraction of sp³-hybridized carbons (Fsp3) is 0.353. The Labute approximate surface area is 160 Å². The normalized spacial score (nSPS) is 11.8. The number of carbonyl (C=O) groups excluding carboxylic acids is 1. The number of aromatic nitrogens is 3. The molecule has 4 N–H and O–H groups in total. The maximum Gasteiger partial charge on any atom is 0.342 e. The van der Waals surface area contributed by atoms with Gasteiger partial charge < -0.3 is 14.8 Å². The molecule has 2 rings (SSSR count). The number of nitrogens with zero attached hydrogens (tertiary/aromatic N) is 2. The molecular weight excluding hydrogens is 368 g/mol. The van der Waals surface area contributed by atoms with Crippen molar-refractivity contribution in [3.63, 3.8) is 0 Å². The van der Waals surface area contributed by atoms with Gasteiger partial charge >= 0.3 is 5.69 Å². The number of hydrazone groups is 1. The lowest BCUT2D eigenvalue weighted by atomic mass is 10.2. The Bertz CT molecular complexity index is 952. The number of nitrogens with one attached hydrogen (secondary N) is 4. The van der Waals surface area contributed by atoms with Crippen molar-refractivity contribution < 1.29 is 14.3 Å². The molecule has 28 heavy (non-hydrogen) atoms. The van der Waals surface area contributed by atoms with Crippen LogP contribution < -0.4 is 31.5 Å². The van der Waals surface area contributed by atoms with Gasteiger partial charge in [0.05, 0.1) is 19.9 Å². The minimum absolute atomic E-state index is 0.182. The van der Waals surface area contributed by atoms with E-state index in [-0.39, 0.29) is 5.82 Å². The van der Waals surface area contributed by atoms with Gasteiger partial charge in [-0.05, 0) is 37.1 Å². The quantitative estimate of drug-likeness (QED) is 0.353. The highest BCUT2D eigenvalue weighted by atomic mass is 16.5. The summed E-state index contributed by atoms with van der Waals surface area (Å²) >= 11 is 0.